The number of carbonyl (C=O) groups excluding carboxylic acids is 2. The van der Waals surface area contributed by atoms with Gasteiger partial charge in [0.15, 0.2) is 0 Å². The maximum atomic E-state index is 12.5. The van der Waals surface area contributed by atoms with E-state index in [0.717, 1.165) is 5.56 Å². The van der Waals surface area contributed by atoms with E-state index in [1.165, 1.54) is 6.26 Å². The summed E-state index contributed by atoms with van der Waals surface area (Å²) in [6.07, 6.45) is 1.46. The number of hydrogen-bond donors (Lipinski definition) is 1. The van der Waals surface area contributed by atoms with Crippen molar-refractivity contribution in [2.75, 3.05) is 0 Å². The van der Waals surface area contributed by atoms with Crippen molar-refractivity contribution in [3.05, 3.63) is 78.2 Å². The monoisotopic (exact) mass is 378 g/mol. The lowest BCUT2D eigenvalue weighted by Gasteiger charge is -2.20. The van der Waals surface area contributed by atoms with Crippen LogP contribution in [0.5, 0.6) is 0 Å². The van der Waals surface area contributed by atoms with Crippen LogP contribution in [0.25, 0.3) is 11.5 Å². The molecule has 6 heteroatoms. The van der Waals surface area contributed by atoms with Gasteiger partial charge >= 0.3 is 5.97 Å². The topological polar surface area (TPSA) is 81.4 Å². The van der Waals surface area contributed by atoms with Crippen molar-refractivity contribution in [1.82, 2.24) is 10.3 Å². The predicted octanol–water partition coefficient (Wildman–Crippen LogP) is 3.84. The summed E-state index contributed by atoms with van der Waals surface area (Å²) in [5.74, 6) is -0.491. The Balaban J connectivity index is 1.60. The molecule has 3 aromatic rings. The summed E-state index contributed by atoms with van der Waals surface area (Å²) in [4.78, 5) is 29.2. The van der Waals surface area contributed by atoms with Gasteiger partial charge in [0.2, 0.25) is 5.89 Å². The quantitative estimate of drug-likeness (QED) is 0.632. The minimum Gasteiger partial charge on any atom is -0.458 e. The standard InChI is InChI=1S/C22H22N2O4/c1-15(2)19(24-20(25)16-9-5-3-6-10-16)22(26)28-14-18-13-27-21(23-18)17-11-7-4-8-12-17/h3-13,15,19H,14H2,1-2H3,(H,24,25)/t19-/m0/s1. The molecule has 0 aliphatic rings. The van der Waals surface area contributed by atoms with Gasteiger partial charge in [-0.1, -0.05) is 50.2 Å². The van der Waals surface area contributed by atoms with Gasteiger partial charge in [0.25, 0.3) is 5.91 Å². The molecule has 1 heterocycles. The Hall–Kier alpha value is -3.41. The molecule has 3 rings (SSSR count). The molecule has 6 nitrogen and oxygen atoms in total. The molecule has 1 atom stereocenters. The van der Waals surface area contributed by atoms with Gasteiger partial charge in [-0.05, 0) is 30.2 Å². The van der Waals surface area contributed by atoms with E-state index in [9.17, 15) is 9.59 Å². The van der Waals surface area contributed by atoms with E-state index in [0.29, 0.717) is 17.1 Å². The van der Waals surface area contributed by atoms with Crippen LogP contribution < -0.4 is 5.32 Å². The zero-order valence-corrected chi connectivity index (χ0v) is 15.8. The van der Waals surface area contributed by atoms with Gasteiger partial charge in [0.05, 0.1) is 0 Å². The highest BCUT2D eigenvalue weighted by molar-refractivity contribution is 5.96. The molecule has 0 bridgehead atoms. The summed E-state index contributed by atoms with van der Waals surface area (Å²) in [6, 6.07) is 17.5. The summed E-state index contributed by atoms with van der Waals surface area (Å²) in [7, 11) is 0. The van der Waals surface area contributed by atoms with Crippen LogP contribution in [0.15, 0.2) is 71.3 Å². The number of nitrogens with one attached hydrogen (secondary N) is 1. The van der Waals surface area contributed by atoms with Crippen molar-refractivity contribution in [1.29, 1.82) is 0 Å². The number of hydrogen-bond acceptors (Lipinski definition) is 5. The molecular weight excluding hydrogens is 356 g/mol. The molecule has 0 spiro atoms. The second kappa shape index (κ2) is 8.99. The first kappa shape index (κ1) is 19.4. The first-order valence-corrected chi connectivity index (χ1v) is 9.07. The van der Waals surface area contributed by atoms with Crippen LogP contribution in [-0.4, -0.2) is 22.9 Å². The number of oxazole rings is 1. The zero-order valence-electron chi connectivity index (χ0n) is 15.8. The molecule has 1 N–H and O–H groups in total. The molecule has 28 heavy (non-hydrogen) atoms. The lowest BCUT2D eigenvalue weighted by Crippen LogP contribution is -2.45. The molecule has 0 radical (unpaired) electrons. The van der Waals surface area contributed by atoms with Crippen molar-refractivity contribution in [3.63, 3.8) is 0 Å². The average Bonchev–Trinajstić information content (AvgIpc) is 3.20. The van der Waals surface area contributed by atoms with Gasteiger partial charge in [-0.15, -0.1) is 0 Å². The van der Waals surface area contributed by atoms with Crippen molar-refractivity contribution >= 4 is 11.9 Å². The Morgan fingerprint density at radius 2 is 1.68 bits per heavy atom. The third-order valence-corrected chi connectivity index (χ3v) is 4.18. The number of benzene rings is 2. The first-order chi connectivity index (χ1) is 13.5. The van der Waals surface area contributed by atoms with E-state index in [4.69, 9.17) is 9.15 Å². The van der Waals surface area contributed by atoms with Gasteiger partial charge in [0.1, 0.15) is 24.6 Å². The van der Waals surface area contributed by atoms with Crippen LogP contribution >= 0.6 is 0 Å². The molecule has 1 amide bonds. The van der Waals surface area contributed by atoms with Gasteiger partial charge in [0, 0.05) is 11.1 Å². The number of nitrogens with zero attached hydrogens (tertiary/aromatic N) is 1. The lowest BCUT2D eigenvalue weighted by molar-refractivity contribution is -0.148. The smallest absolute Gasteiger partial charge is 0.329 e. The highest BCUT2D eigenvalue weighted by Crippen LogP contribution is 2.18. The molecule has 144 valence electrons. The second-order valence-electron chi connectivity index (χ2n) is 6.68. The third-order valence-electron chi connectivity index (χ3n) is 4.18. The largest absolute Gasteiger partial charge is 0.458 e. The maximum absolute atomic E-state index is 12.5. The van der Waals surface area contributed by atoms with Gasteiger partial charge in [-0.25, -0.2) is 9.78 Å². The lowest BCUT2D eigenvalue weighted by atomic mass is 10.0. The molecule has 0 unspecified atom stereocenters. The SMILES string of the molecule is CC(C)[C@H](NC(=O)c1ccccc1)C(=O)OCc1coc(-c2ccccc2)n1. The summed E-state index contributed by atoms with van der Waals surface area (Å²) < 4.78 is 10.8. The Kier molecular flexibility index (Phi) is 6.22. The Morgan fingerprint density at radius 3 is 2.32 bits per heavy atom. The minimum absolute atomic E-state index is 0.0282. The second-order valence-corrected chi connectivity index (χ2v) is 6.68. The van der Waals surface area contributed by atoms with E-state index in [1.54, 1.807) is 24.3 Å². The predicted molar refractivity (Wildman–Crippen MR) is 104 cm³/mol. The number of rotatable bonds is 7. The number of aromatic nitrogens is 1. The Labute approximate surface area is 163 Å². The summed E-state index contributed by atoms with van der Waals surface area (Å²) >= 11 is 0. The van der Waals surface area contributed by atoms with E-state index >= 15 is 0 Å². The van der Waals surface area contributed by atoms with Crippen molar-refractivity contribution < 1.29 is 18.7 Å². The van der Waals surface area contributed by atoms with E-state index in [-0.39, 0.29) is 18.4 Å². The maximum Gasteiger partial charge on any atom is 0.329 e. The number of carbonyl (C=O) groups is 2. The van der Waals surface area contributed by atoms with E-state index in [2.05, 4.69) is 10.3 Å². The summed E-state index contributed by atoms with van der Waals surface area (Å²) in [6.45, 7) is 3.67. The third kappa shape index (κ3) is 4.85. The zero-order chi connectivity index (χ0) is 19.9. The highest BCUT2D eigenvalue weighted by atomic mass is 16.5. The van der Waals surface area contributed by atoms with E-state index < -0.39 is 12.0 Å². The number of esters is 1. The highest BCUT2D eigenvalue weighted by Gasteiger charge is 2.26. The van der Waals surface area contributed by atoms with Crippen LogP contribution in [0.4, 0.5) is 0 Å². The summed E-state index contributed by atoms with van der Waals surface area (Å²) in [5, 5.41) is 2.74. The molecule has 0 fully saturated rings. The Morgan fingerprint density at radius 1 is 1.04 bits per heavy atom. The molecule has 0 aliphatic heterocycles. The van der Waals surface area contributed by atoms with Crippen molar-refractivity contribution in [2.24, 2.45) is 5.92 Å². The number of amides is 1. The normalized spacial score (nSPS) is 11.8. The van der Waals surface area contributed by atoms with Crippen LogP contribution in [0.2, 0.25) is 0 Å². The molecular formula is C22H22N2O4. The van der Waals surface area contributed by atoms with Crippen molar-refractivity contribution in [3.8, 4) is 11.5 Å². The molecule has 2 aromatic carbocycles. The number of ether oxygens (including phenoxy) is 1. The summed E-state index contributed by atoms with van der Waals surface area (Å²) in [5.41, 5.74) is 1.84. The average molecular weight is 378 g/mol. The van der Waals surface area contributed by atoms with E-state index in [1.807, 2.05) is 50.2 Å². The molecule has 0 saturated carbocycles. The first-order valence-electron chi connectivity index (χ1n) is 9.07. The fourth-order valence-electron chi connectivity index (χ4n) is 2.63. The van der Waals surface area contributed by atoms with Crippen LogP contribution in [0.3, 0.4) is 0 Å². The molecule has 1 aromatic heterocycles. The van der Waals surface area contributed by atoms with Crippen molar-refractivity contribution in [2.45, 2.75) is 26.5 Å². The minimum atomic E-state index is -0.756. The van der Waals surface area contributed by atoms with Gasteiger partial charge in [-0.2, -0.15) is 0 Å². The Bertz CT molecular complexity index is 920. The van der Waals surface area contributed by atoms with Crippen LogP contribution in [0.1, 0.15) is 29.9 Å². The molecule has 0 saturated heterocycles. The van der Waals surface area contributed by atoms with Crippen LogP contribution in [0, 0.1) is 5.92 Å². The fraction of sp³-hybridized carbons (Fsp3) is 0.227. The molecule has 0 aliphatic carbocycles. The van der Waals surface area contributed by atoms with Crippen LogP contribution in [-0.2, 0) is 16.1 Å². The van der Waals surface area contributed by atoms with Gasteiger partial charge < -0.3 is 14.5 Å². The fourth-order valence-corrected chi connectivity index (χ4v) is 2.63. The van der Waals surface area contributed by atoms with Gasteiger partial charge in [-0.3, -0.25) is 4.79 Å².